The molecule has 106 valence electrons. The number of nitrogens with one attached hydrogen (secondary N) is 1. The third kappa shape index (κ3) is 4.00. The van der Waals surface area contributed by atoms with Crippen molar-refractivity contribution in [1.29, 1.82) is 0 Å². The van der Waals surface area contributed by atoms with E-state index in [0.717, 1.165) is 5.56 Å². The van der Waals surface area contributed by atoms with E-state index in [1.54, 1.807) is 6.07 Å². The quantitative estimate of drug-likeness (QED) is 0.886. The van der Waals surface area contributed by atoms with E-state index < -0.39 is 11.9 Å². The molecule has 0 bridgehead atoms. The molecule has 2 aromatic rings. The summed E-state index contributed by atoms with van der Waals surface area (Å²) in [6, 6.07) is 10.1. The van der Waals surface area contributed by atoms with Crippen molar-refractivity contribution >= 4 is 11.6 Å². The Kier molecular flexibility index (Phi) is 5.06. The molecule has 2 nitrogen and oxygen atoms in total. The summed E-state index contributed by atoms with van der Waals surface area (Å²) in [5.41, 5.74) is 1.46. The zero-order valence-corrected chi connectivity index (χ0v) is 11.4. The molecular formula is C15H14ClF2NO. The van der Waals surface area contributed by atoms with Crippen LogP contribution in [0.3, 0.4) is 0 Å². The van der Waals surface area contributed by atoms with E-state index in [0.29, 0.717) is 18.7 Å². The van der Waals surface area contributed by atoms with Gasteiger partial charge in [0, 0.05) is 13.1 Å². The van der Waals surface area contributed by atoms with Gasteiger partial charge in [-0.2, -0.15) is 0 Å². The molecule has 0 aromatic heterocycles. The van der Waals surface area contributed by atoms with Gasteiger partial charge in [-0.3, -0.25) is 0 Å². The number of hydrogen-bond acceptors (Lipinski definition) is 2. The second kappa shape index (κ2) is 6.79. The fourth-order valence-electron chi connectivity index (χ4n) is 1.81. The smallest absolute Gasteiger partial charge is 0.141 e. The van der Waals surface area contributed by atoms with E-state index in [-0.39, 0.29) is 10.8 Å². The number of halogens is 3. The predicted octanol–water partition coefficient (Wildman–Crippen LogP) is 3.44. The summed E-state index contributed by atoms with van der Waals surface area (Å²) in [6.07, 6.45) is -0.730. The summed E-state index contributed by atoms with van der Waals surface area (Å²) in [5.74, 6) is -0.795. The maximum absolute atomic E-state index is 13.0. The average molecular weight is 298 g/mol. The Balaban J connectivity index is 1.86. The van der Waals surface area contributed by atoms with Crippen molar-refractivity contribution in [2.24, 2.45) is 0 Å². The van der Waals surface area contributed by atoms with E-state index in [4.69, 9.17) is 11.6 Å². The van der Waals surface area contributed by atoms with Crippen molar-refractivity contribution in [1.82, 2.24) is 5.32 Å². The lowest BCUT2D eigenvalue weighted by molar-refractivity contribution is 0.174. The van der Waals surface area contributed by atoms with E-state index in [1.807, 2.05) is 0 Å². The molecule has 2 rings (SSSR count). The number of hydrogen-bond donors (Lipinski definition) is 2. The van der Waals surface area contributed by atoms with Crippen molar-refractivity contribution in [2.45, 2.75) is 12.6 Å². The van der Waals surface area contributed by atoms with E-state index in [2.05, 4.69) is 5.32 Å². The van der Waals surface area contributed by atoms with E-state index in [9.17, 15) is 13.9 Å². The lowest BCUT2D eigenvalue weighted by atomic mass is 10.1. The van der Waals surface area contributed by atoms with Crippen LogP contribution in [0.4, 0.5) is 8.78 Å². The van der Waals surface area contributed by atoms with Gasteiger partial charge in [-0.25, -0.2) is 8.78 Å². The molecule has 0 aliphatic heterocycles. The van der Waals surface area contributed by atoms with Crippen molar-refractivity contribution < 1.29 is 13.9 Å². The maximum atomic E-state index is 13.0. The largest absolute Gasteiger partial charge is 0.387 e. The van der Waals surface area contributed by atoms with Gasteiger partial charge in [-0.05, 0) is 35.4 Å². The Morgan fingerprint density at radius 1 is 1.10 bits per heavy atom. The molecule has 0 heterocycles. The van der Waals surface area contributed by atoms with Crippen LogP contribution in [0.15, 0.2) is 42.5 Å². The summed E-state index contributed by atoms with van der Waals surface area (Å²) in [4.78, 5) is 0. The standard InChI is InChI=1S/C15H14ClF2NO/c16-13-7-10(1-6-14(13)18)8-19-9-15(20)11-2-4-12(17)5-3-11/h1-7,15,19-20H,8-9H2. The third-order valence-corrected chi connectivity index (χ3v) is 3.20. The molecule has 0 saturated carbocycles. The Morgan fingerprint density at radius 2 is 1.80 bits per heavy atom. The van der Waals surface area contributed by atoms with Crippen molar-refractivity contribution in [2.75, 3.05) is 6.54 Å². The first kappa shape index (κ1) is 14.9. The highest BCUT2D eigenvalue weighted by Gasteiger charge is 2.07. The second-order valence-electron chi connectivity index (χ2n) is 4.45. The Labute approximate surface area is 121 Å². The molecule has 0 spiro atoms. The fraction of sp³-hybridized carbons (Fsp3) is 0.200. The molecule has 0 aliphatic carbocycles. The summed E-state index contributed by atoms with van der Waals surface area (Å²) in [6.45, 7) is 0.763. The zero-order chi connectivity index (χ0) is 14.5. The Morgan fingerprint density at radius 3 is 2.45 bits per heavy atom. The highest BCUT2D eigenvalue weighted by Crippen LogP contribution is 2.16. The third-order valence-electron chi connectivity index (χ3n) is 2.91. The summed E-state index contributed by atoms with van der Waals surface area (Å²) < 4.78 is 25.7. The van der Waals surface area contributed by atoms with Gasteiger partial charge in [0.15, 0.2) is 0 Å². The highest BCUT2D eigenvalue weighted by molar-refractivity contribution is 6.30. The first-order valence-corrected chi connectivity index (χ1v) is 6.52. The van der Waals surface area contributed by atoms with Crippen molar-refractivity contribution in [3.8, 4) is 0 Å². The topological polar surface area (TPSA) is 32.3 Å². The maximum Gasteiger partial charge on any atom is 0.141 e. The van der Waals surface area contributed by atoms with Crippen LogP contribution in [0.25, 0.3) is 0 Å². The van der Waals surface area contributed by atoms with Crippen LogP contribution in [0, 0.1) is 11.6 Å². The molecule has 1 unspecified atom stereocenters. The van der Waals surface area contributed by atoms with Crippen LogP contribution in [0.5, 0.6) is 0 Å². The molecule has 0 aliphatic rings. The molecule has 2 aromatic carbocycles. The summed E-state index contributed by atoms with van der Waals surface area (Å²) in [7, 11) is 0. The highest BCUT2D eigenvalue weighted by atomic mass is 35.5. The zero-order valence-electron chi connectivity index (χ0n) is 10.6. The monoisotopic (exact) mass is 297 g/mol. The lowest BCUT2D eigenvalue weighted by Gasteiger charge is -2.12. The van der Waals surface area contributed by atoms with Crippen LogP contribution in [-0.2, 0) is 6.54 Å². The van der Waals surface area contributed by atoms with E-state index >= 15 is 0 Å². The lowest BCUT2D eigenvalue weighted by Crippen LogP contribution is -2.21. The Bertz CT molecular complexity index is 575. The average Bonchev–Trinajstić information content (AvgIpc) is 2.43. The predicted molar refractivity (Wildman–Crippen MR) is 74.5 cm³/mol. The minimum Gasteiger partial charge on any atom is -0.387 e. The molecule has 0 saturated heterocycles. The molecule has 0 radical (unpaired) electrons. The van der Waals surface area contributed by atoms with Crippen LogP contribution in [-0.4, -0.2) is 11.7 Å². The van der Waals surface area contributed by atoms with Gasteiger partial charge in [0.1, 0.15) is 11.6 Å². The van der Waals surface area contributed by atoms with Crippen LogP contribution in [0.2, 0.25) is 5.02 Å². The minimum absolute atomic E-state index is 0.0726. The summed E-state index contributed by atoms with van der Waals surface area (Å²) in [5, 5.41) is 13.0. The number of aliphatic hydroxyl groups excluding tert-OH is 1. The van der Waals surface area contributed by atoms with Crippen molar-refractivity contribution in [3.05, 3.63) is 70.2 Å². The van der Waals surface area contributed by atoms with Gasteiger partial charge in [-0.1, -0.05) is 29.8 Å². The van der Waals surface area contributed by atoms with Gasteiger partial charge in [0.2, 0.25) is 0 Å². The normalized spacial score (nSPS) is 12.4. The molecule has 0 fully saturated rings. The van der Waals surface area contributed by atoms with Crippen molar-refractivity contribution in [3.63, 3.8) is 0 Å². The van der Waals surface area contributed by atoms with Gasteiger partial charge in [-0.15, -0.1) is 0 Å². The first-order valence-electron chi connectivity index (χ1n) is 6.14. The van der Waals surface area contributed by atoms with Crippen LogP contribution in [0.1, 0.15) is 17.2 Å². The Hall–Kier alpha value is -1.49. The number of rotatable bonds is 5. The second-order valence-corrected chi connectivity index (χ2v) is 4.85. The molecule has 1 atom stereocenters. The number of aliphatic hydroxyl groups is 1. The number of benzene rings is 2. The molecule has 0 amide bonds. The molecule has 5 heteroatoms. The van der Waals surface area contributed by atoms with Crippen LogP contribution >= 0.6 is 11.6 Å². The first-order chi connectivity index (χ1) is 9.56. The SMILES string of the molecule is OC(CNCc1ccc(F)c(Cl)c1)c1ccc(F)cc1. The fourth-order valence-corrected chi connectivity index (χ4v) is 2.01. The molecule has 20 heavy (non-hydrogen) atoms. The molecular weight excluding hydrogens is 284 g/mol. The van der Waals surface area contributed by atoms with Gasteiger partial charge in [0.25, 0.3) is 0 Å². The van der Waals surface area contributed by atoms with Gasteiger partial charge < -0.3 is 10.4 Å². The van der Waals surface area contributed by atoms with Gasteiger partial charge in [0.05, 0.1) is 11.1 Å². The summed E-state index contributed by atoms with van der Waals surface area (Å²) >= 11 is 5.68. The molecule has 2 N–H and O–H groups in total. The minimum atomic E-state index is -0.730. The van der Waals surface area contributed by atoms with Crippen LogP contribution < -0.4 is 5.32 Å². The van der Waals surface area contributed by atoms with Gasteiger partial charge >= 0.3 is 0 Å². The van der Waals surface area contributed by atoms with E-state index in [1.165, 1.54) is 36.4 Å².